The zero-order valence-electron chi connectivity index (χ0n) is 71.1. The minimum absolute atomic E-state index is 0.00264. The van der Waals surface area contributed by atoms with Gasteiger partial charge in [0.1, 0.15) is 78.3 Å². The quantitative estimate of drug-likeness (QED) is 0.0134. The van der Waals surface area contributed by atoms with Crippen molar-refractivity contribution in [2.75, 3.05) is 13.1 Å². The van der Waals surface area contributed by atoms with Gasteiger partial charge in [0.15, 0.2) is 5.96 Å². The molecule has 1 aliphatic heterocycles. The molecule has 0 spiro atoms. The van der Waals surface area contributed by atoms with Gasteiger partial charge in [-0.3, -0.25) is 67.7 Å². The van der Waals surface area contributed by atoms with Gasteiger partial charge >= 0.3 is 24.1 Å². The van der Waals surface area contributed by atoms with Crippen LogP contribution in [0.2, 0.25) is 0 Å². The zero-order valence-corrected chi connectivity index (χ0v) is 71.1. The van der Waals surface area contributed by atoms with E-state index in [0.29, 0.717) is 34.6 Å². The van der Waals surface area contributed by atoms with Crippen molar-refractivity contribution in [1.82, 2.24) is 98.6 Å². The molecule has 1 fully saturated rings. The van der Waals surface area contributed by atoms with Crippen LogP contribution in [0, 0.1) is 35.0 Å². The third kappa shape index (κ3) is 33.9. The van der Waals surface area contributed by atoms with Crippen LogP contribution < -0.4 is 75.3 Å². The molecule has 6 rings (SSSR count). The van der Waals surface area contributed by atoms with Gasteiger partial charge in [0, 0.05) is 80.9 Å². The molecule has 0 saturated carbocycles. The van der Waals surface area contributed by atoms with Gasteiger partial charge in [0.2, 0.25) is 70.9 Å². The van der Waals surface area contributed by atoms with Crippen molar-refractivity contribution in [2.24, 2.45) is 41.1 Å². The number of carboxylic acids is 3. The van der Waals surface area contributed by atoms with Crippen LogP contribution in [-0.4, -0.2) is 248 Å². The van der Waals surface area contributed by atoms with Crippen molar-refractivity contribution in [1.29, 1.82) is 5.41 Å². The van der Waals surface area contributed by atoms with Gasteiger partial charge < -0.3 is 116 Å². The summed E-state index contributed by atoms with van der Waals surface area (Å²) < 4.78 is 31.7. The van der Waals surface area contributed by atoms with Gasteiger partial charge in [-0.2, -0.15) is 13.2 Å². The predicted octanol–water partition coefficient (Wildman–Crippen LogP) is -0.368. The van der Waals surface area contributed by atoms with E-state index in [0.717, 1.165) is 0 Å². The SMILES string of the molecule is CC[C@H](C)[C@H](NC(=O)[C@H](Cc1ccc(O)cc1)NC(=O)[C@@H](NC(=O)[C@H](CCCNC(=N)N)NC(=O)[C@@H](N)CC(=O)O)C(C)C)C(=O)N[C@@H](Cc1cnc[nH]1)C(=O)N1CCC[C@H]1C(=O)N[C@@H](Cc1ccccc1)C(=O)N[C@@H](Cc1cnc[nH]1)C(=O)N[C@@H](CC(C)C)C(=O)N[C@H](C(=O)N[C@H](C(=O)N[C@@H](Cc1cnc[nH]1)C(=O)O)[C@@H](C)CC)C(C)C.O=C(O)C(F)(F)F. The number of likely N-dealkylation sites (tertiary alicyclic amines) is 1. The maximum absolute atomic E-state index is 15.4. The highest BCUT2D eigenvalue weighted by Gasteiger charge is 2.44. The number of carboxylic acid groups (broad SMARTS) is 3. The highest BCUT2D eigenvalue weighted by atomic mass is 19.4. The Morgan fingerprint density at radius 3 is 1.36 bits per heavy atom. The molecular formula is C81H117F3N22O19. The average molecular weight is 1760 g/mol. The number of aromatic nitrogens is 6. The molecule has 0 aliphatic carbocycles. The molecule has 4 heterocycles. The van der Waals surface area contributed by atoms with Crippen molar-refractivity contribution in [3.8, 4) is 5.75 Å². The number of carbonyl (C=O) groups is 15. The molecular weight excluding hydrogens is 1640 g/mol. The number of phenolic OH excluding ortho intramolecular Hbond substituents is 1. The molecule has 0 radical (unpaired) electrons. The predicted molar refractivity (Wildman–Crippen MR) is 444 cm³/mol. The smallest absolute Gasteiger partial charge is 0.490 e. The van der Waals surface area contributed by atoms with Crippen LogP contribution in [0.3, 0.4) is 0 Å². The van der Waals surface area contributed by atoms with Crippen molar-refractivity contribution in [3.63, 3.8) is 0 Å². The fourth-order valence-corrected chi connectivity index (χ4v) is 13.2. The van der Waals surface area contributed by atoms with Crippen molar-refractivity contribution in [2.45, 2.75) is 237 Å². The molecule has 5 aromatic rings. The lowest BCUT2D eigenvalue weighted by atomic mass is 9.95. The average Bonchev–Trinajstić information content (AvgIpc) is 1.30. The number of aliphatic carboxylic acids is 3. The number of nitrogens with one attached hydrogen (secondary N) is 16. The summed E-state index contributed by atoms with van der Waals surface area (Å²) in [5, 5.41) is 76.6. The number of carbonyl (C=O) groups excluding carboxylic acids is 12. The number of alkyl halides is 3. The van der Waals surface area contributed by atoms with Crippen LogP contribution in [0.25, 0.3) is 0 Å². The molecule has 24 N–H and O–H groups in total. The lowest BCUT2D eigenvalue weighted by Gasteiger charge is -2.32. The second-order valence-electron chi connectivity index (χ2n) is 31.7. The van der Waals surface area contributed by atoms with E-state index in [-0.39, 0.29) is 101 Å². The summed E-state index contributed by atoms with van der Waals surface area (Å²) in [5.41, 5.74) is 13.5. The van der Waals surface area contributed by atoms with Crippen LogP contribution in [0.15, 0.2) is 92.2 Å². The van der Waals surface area contributed by atoms with Gasteiger partial charge in [-0.05, 0) is 85.0 Å². The lowest BCUT2D eigenvalue weighted by molar-refractivity contribution is -0.192. The minimum atomic E-state index is -5.08. The number of rotatable bonds is 48. The summed E-state index contributed by atoms with van der Waals surface area (Å²) in [6.45, 7) is 17.1. The Hall–Kier alpha value is -13.1. The number of aromatic hydroxyl groups is 1. The van der Waals surface area contributed by atoms with Crippen molar-refractivity contribution < 1.29 is 106 Å². The topological polar surface area (TPSA) is 646 Å². The number of hydrogen-bond acceptors (Lipinski definition) is 21. The van der Waals surface area contributed by atoms with E-state index < -0.39 is 204 Å². The number of aromatic amines is 3. The summed E-state index contributed by atoms with van der Waals surface area (Å²) in [6, 6.07) is -3.85. The summed E-state index contributed by atoms with van der Waals surface area (Å²) in [4.78, 5) is 230. The molecule has 1 saturated heterocycles. The van der Waals surface area contributed by atoms with Crippen LogP contribution in [-0.2, 0) is 104 Å². The zero-order chi connectivity index (χ0) is 93.1. The highest BCUT2D eigenvalue weighted by molar-refractivity contribution is 6.00. The molecule has 15 atom stereocenters. The normalized spacial score (nSPS) is 15.9. The summed E-state index contributed by atoms with van der Waals surface area (Å²) >= 11 is 0. The van der Waals surface area contributed by atoms with Gasteiger partial charge in [-0.15, -0.1) is 0 Å². The highest BCUT2D eigenvalue weighted by Crippen LogP contribution is 2.23. The van der Waals surface area contributed by atoms with Gasteiger partial charge in [-0.25, -0.2) is 24.5 Å². The Balaban J connectivity index is 0.00000379. The second-order valence-corrected chi connectivity index (χ2v) is 31.7. The number of H-pyrrole nitrogens is 3. The lowest BCUT2D eigenvalue weighted by Crippen LogP contribution is -2.62. The third-order valence-electron chi connectivity index (χ3n) is 20.6. The standard InChI is InChI=1S/C79H116N22O17.C2HF3O2/c1-11-44(9)64(99-71(110)56(30-47-22-24-51(102)25-23-47)94-73(112)62(42(5)6)97-67(106)53(20-16-26-86-79(81)82)90-66(105)52(80)34-61(103)104)75(114)95-58(32-49-36-84-39-88-49)77(116)101-27-17-21-60(101)72(111)93-55(29-46-18-14-13-15-19-46)68(107)92-57(31-48-35-83-38-87-48)69(108)91-54(28-41(3)4)70(109)98-63(43(7)8)74(113)100-65(45(10)12-2)76(115)96-59(78(117)118)33-50-37-85-40-89-50;3-2(4,5)1(6)7/h13-15,18-19,22-25,35-45,52-60,62-65,102H,11-12,16-17,20-21,26-34,80H2,1-10H3,(H,83,87)(H,84,88)(H,85,89)(H,90,105)(H,91,108)(H,92,107)(H,93,111)(H,94,112)(H,95,114)(H,96,115)(H,97,106)(H,98,109)(H,99,110)(H,100,113)(H,103,104)(H,117,118)(H4,81,82,86);(H,6,7)/t44-,45-,52-,53-,54-,55-,56-,57-,58-,59-,60-,62-,63-,64-,65-;/m0./s1. The van der Waals surface area contributed by atoms with Gasteiger partial charge in [0.25, 0.3) is 0 Å². The number of benzene rings is 2. The fourth-order valence-electron chi connectivity index (χ4n) is 13.2. The number of hydrogen-bond donors (Lipinski definition) is 22. The van der Waals surface area contributed by atoms with Crippen LogP contribution in [0.4, 0.5) is 13.2 Å². The minimum Gasteiger partial charge on any atom is -0.508 e. The summed E-state index contributed by atoms with van der Waals surface area (Å²) in [5.74, 6) is -18.7. The van der Waals surface area contributed by atoms with Crippen LogP contribution >= 0.6 is 0 Å². The second kappa shape index (κ2) is 49.9. The number of amides is 12. The Morgan fingerprint density at radius 1 is 0.512 bits per heavy atom. The molecule has 12 amide bonds. The third-order valence-corrected chi connectivity index (χ3v) is 20.6. The fraction of sp³-hybridized carbons (Fsp3) is 0.543. The van der Waals surface area contributed by atoms with Crippen LogP contribution in [0.1, 0.15) is 149 Å². The maximum atomic E-state index is 15.4. The van der Waals surface area contributed by atoms with Gasteiger partial charge in [-0.1, -0.05) is 125 Å². The monoisotopic (exact) mass is 1760 g/mol. The molecule has 44 heteroatoms. The summed E-state index contributed by atoms with van der Waals surface area (Å²) in [7, 11) is 0. The number of phenols is 1. The van der Waals surface area contributed by atoms with Gasteiger partial charge in [0.05, 0.1) is 31.4 Å². The van der Waals surface area contributed by atoms with Crippen LogP contribution in [0.5, 0.6) is 5.75 Å². The van der Waals surface area contributed by atoms with E-state index in [1.165, 1.54) is 66.7 Å². The molecule has 0 unspecified atom stereocenters. The van der Waals surface area contributed by atoms with E-state index in [1.807, 2.05) is 0 Å². The number of guanidine groups is 1. The van der Waals surface area contributed by atoms with E-state index in [2.05, 4.69) is 93.7 Å². The molecule has 41 nitrogen and oxygen atoms in total. The number of halogens is 3. The first-order chi connectivity index (χ1) is 58.9. The Bertz CT molecular complexity index is 4410. The first-order valence-corrected chi connectivity index (χ1v) is 40.9. The first kappa shape index (κ1) is 102. The summed E-state index contributed by atoms with van der Waals surface area (Å²) in [6.07, 6.45) is 2.65. The van der Waals surface area contributed by atoms with E-state index in [4.69, 9.17) is 26.8 Å². The first-order valence-electron chi connectivity index (χ1n) is 40.9. The number of nitrogens with two attached hydrogens (primary N) is 2. The molecule has 2 aromatic carbocycles. The van der Waals surface area contributed by atoms with Crippen molar-refractivity contribution >= 4 is 94.8 Å². The molecule has 686 valence electrons. The number of imidazole rings is 3. The largest absolute Gasteiger partial charge is 0.508 e. The Kier molecular flexibility index (Phi) is 40.9. The Morgan fingerprint density at radius 2 is 0.904 bits per heavy atom. The number of nitrogens with zero attached hydrogens (tertiary/aromatic N) is 4. The van der Waals surface area contributed by atoms with E-state index >= 15 is 19.2 Å². The molecule has 125 heavy (non-hydrogen) atoms. The van der Waals surface area contributed by atoms with E-state index in [9.17, 15) is 76.4 Å². The van der Waals surface area contributed by atoms with Crippen molar-refractivity contribution in [3.05, 3.63) is 120 Å². The maximum Gasteiger partial charge on any atom is 0.490 e. The molecule has 3 aromatic heterocycles. The van der Waals surface area contributed by atoms with E-state index in [1.54, 1.807) is 99.6 Å². The molecule has 1 aliphatic rings. The Labute approximate surface area is 719 Å². The molecule has 0 bridgehead atoms.